The third-order valence-corrected chi connectivity index (χ3v) is 6.05. The van der Waals surface area contributed by atoms with Crippen molar-refractivity contribution in [3.05, 3.63) is 71.5 Å². The van der Waals surface area contributed by atoms with Crippen molar-refractivity contribution in [3.8, 4) is 11.4 Å². The summed E-state index contributed by atoms with van der Waals surface area (Å²) in [5, 5.41) is 7.26. The van der Waals surface area contributed by atoms with Crippen molar-refractivity contribution >= 4 is 15.9 Å². The molecule has 1 fully saturated rings. The lowest BCUT2D eigenvalue weighted by Gasteiger charge is -2.23. The second-order valence-corrected chi connectivity index (χ2v) is 9.74. The summed E-state index contributed by atoms with van der Waals surface area (Å²) in [7, 11) is -3.40. The molecule has 1 aliphatic heterocycles. The second-order valence-electron chi connectivity index (χ2n) is 7.96. The van der Waals surface area contributed by atoms with Crippen LogP contribution in [-0.2, 0) is 21.2 Å². The minimum absolute atomic E-state index is 0.0777. The van der Waals surface area contributed by atoms with Crippen LogP contribution in [0.2, 0.25) is 0 Å². The standard InChI is InChI=1S/C22H25N5O3S/c1-15-7-6-8-16(11-15)12-20(28)27-14-18(26-31(2,29)30)13-19(27)22-23-21(24-25-22)17-9-4-3-5-10-17/h3-11,18-19,26H,12-14H2,1-2H3,(H,23,24,25)/t18-,19-/m0/s1. The van der Waals surface area contributed by atoms with Crippen molar-refractivity contribution in [2.45, 2.75) is 31.8 Å². The number of nitrogens with zero attached hydrogens (tertiary/aromatic N) is 3. The molecule has 0 bridgehead atoms. The number of nitrogens with one attached hydrogen (secondary N) is 2. The van der Waals surface area contributed by atoms with Gasteiger partial charge in [0.2, 0.25) is 15.9 Å². The summed E-state index contributed by atoms with van der Waals surface area (Å²) in [5.41, 5.74) is 2.87. The predicted octanol–water partition coefficient (Wildman–Crippen LogP) is 2.21. The van der Waals surface area contributed by atoms with E-state index in [1.807, 2.05) is 61.5 Å². The SMILES string of the molecule is Cc1cccc(CC(=O)N2C[C@@H](NS(C)(=O)=O)C[C@H]2c2nc(-c3ccccc3)n[nH]2)c1. The molecule has 4 rings (SSSR count). The molecule has 0 saturated carbocycles. The highest BCUT2D eigenvalue weighted by Gasteiger charge is 2.39. The Kier molecular flexibility index (Phi) is 5.88. The number of hydrogen-bond acceptors (Lipinski definition) is 5. The molecule has 0 unspecified atom stereocenters. The molecule has 0 aliphatic carbocycles. The lowest BCUT2D eigenvalue weighted by Crippen LogP contribution is -2.38. The van der Waals surface area contributed by atoms with E-state index in [4.69, 9.17) is 0 Å². The molecule has 2 N–H and O–H groups in total. The van der Waals surface area contributed by atoms with Crippen molar-refractivity contribution in [1.82, 2.24) is 24.8 Å². The van der Waals surface area contributed by atoms with Crippen LogP contribution in [0.25, 0.3) is 11.4 Å². The Balaban J connectivity index is 1.59. The molecule has 9 heteroatoms. The molecule has 2 heterocycles. The van der Waals surface area contributed by atoms with Crippen LogP contribution in [0.5, 0.6) is 0 Å². The molecule has 1 saturated heterocycles. The Hall–Kier alpha value is -3.04. The third-order valence-electron chi connectivity index (χ3n) is 5.29. The summed E-state index contributed by atoms with van der Waals surface area (Å²) in [6.45, 7) is 2.27. The summed E-state index contributed by atoms with van der Waals surface area (Å²) in [6.07, 6.45) is 1.79. The normalized spacial score (nSPS) is 19.0. The number of H-pyrrole nitrogens is 1. The fourth-order valence-corrected chi connectivity index (χ4v) is 4.77. The molecule has 31 heavy (non-hydrogen) atoms. The molecule has 1 amide bonds. The van der Waals surface area contributed by atoms with Gasteiger partial charge in [-0.3, -0.25) is 9.89 Å². The van der Waals surface area contributed by atoms with Crippen LogP contribution in [-0.4, -0.2) is 53.2 Å². The highest BCUT2D eigenvalue weighted by atomic mass is 32.2. The summed E-state index contributed by atoms with van der Waals surface area (Å²) < 4.78 is 26.2. The second kappa shape index (κ2) is 8.60. The maximum absolute atomic E-state index is 13.2. The van der Waals surface area contributed by atoms with Gasteiger partial charge in [0.25, 0.3) is 0 Å². The zero-order valence-corrected chi connectivity index (χ0v) is 18.3. The quantitative estimate of drug-likeness (QED) is 0.612. The van der Waals surface area contributed by atoms with E-state index in [1.54, 1.807) is 4.90 Å². The van der Waals surface area contributed by atoms with Crippen LogP contribution < -0.4 is 4.72 Å². The van der Waals surface area contributed by atoms with Gasteiger partial charge in [0.15, 0.2) is 5.82 Å². The topological polar surface area (TPSA) is 108 Å². The van der Waals surface area contributed by atoms with Crippen molar-refractivity contribution < 1.29 is 13.2 Å². The van der Waals surface area contributed by atoms with Crippen molar-refractivity contribution in [2.75, 3.05) is 12.8 Å². The first-order valence-electron chi connectivity index (χ1n) is 10.1. The third kappa shape index (κ3) is 5.18. The summed E-state index contributed by atoms with van der Waals surface area (Å²) in [5.74, 6) is 1.02. The Morgan fingerprint density at radius 3 is 2.68 bits per heavy atom. The Bertz CT molecular complexity index is 1180. The van der Waals surface area contributed by atoms with E-state index in [2.05, 4.69) is 19.9 Å². The van der Waals surface area contributed by atoms with Gasteiger partial charge in [0.05, 0.1) is 18.7 Å². The van der Waals surface area contributed by atoms with Crippen molar-refractivity contribution in [2.24, 2.45) is 0 Å². The monoisotopic (exact) mass is 439 g/mol. The van der Waals surface area contributed by atoms with Gasteiger partial charge in [0, 0.05) is 18.2 Å². The van der Waals surface area contributed by atoms with Gasteiger partial charge < -0.3 is 4.90 Å². The van der Waals surface area contributed by atoms with E-state index in [-0.39, 0.29) is 31.0 Å². The van der Waals surface area contributed by atoms with Crippen LogP contribution in [0.3, 0.4) is 0 Å². The molecule has 1 aromatic heterocycles. The molecular formula is C22H25N5O3S. The molecular weight excluding hydrogens is 414 g/mol. The fourth-order valence-electron chi connectivity index (χ4n) is 4.00. The number of aromatic nitrogens is 3. The maximum atomic E-state index is 13.2. The molecule has 2 aromatic carbocycles. The average molecular weight is 440 g/mol. The van der Waals surface area contributed by atoms with Crippen molar-refractivity contribution in [3.63, 3.8) is 0 Å². The van der Waals surface area contributed by atoms with Gasteiger partial charge in [-0.2, -0.15) is 5.10 Å². The largest absolute Gasteiger partial charge is 0.331 e. The summed E-state index contributed by atoms with van der Waals surface area (Å²) >= 11 is 0. The number of aryl methyl sites for hydroxylation is 1. The number of carbonyl (C=O) groups excluding carboxylic acids is 1. The lowest BCUT2D eigenvalue weighted by molar-refractivity contribution is -0.131. The number of carbonyl (C=O) groups is 1. The molecule has 8 nitrogen and oxygen atoms in total. The average Bonchev–Trinajstić information content (AvgIpc) is 3.34. The molecule has 162 valence electrons. The van der Waals surface area contributed by atoms with Gasteiger partial charge >= 0.3 is 0 Å². The van der Waals surface area contributed by atoms with Crippen molar-refractivity contribution in [1.29, 1.82) is 0 Å². The Labute approximate surface area is 181 Å². The number of amides is 1. The number of sulfonamides is 1. The molecule has 1 aliphatic rings. The summed E-state index contributed by atoms with van der Waals surface area (Å²) in [4.78, 5) is 19.5. The van der Waals surface area contributed by atoms with Gasteiger partial charge in [-0.05, 0) is 18.9 Å². The molecule has 0 spiro atoms. The molecule has 0 radical (unpaired) electrons. The van der Waals surface area contributed by atoms with Gasteiger partial charge in [0.1, 0.15) is 5.82 Å². The number of rotatable bonds is 6. The highest BCUT2D eigenvalue weighted by Crippen LogP contribution is 2.32. The minimum Gasteiger partial charge on any atom is -0.331 e. The molecule has 2 atom stereocenters. The smallest absolute Gasteiger partial charge is 0.227 e. The lowest BCUT2D eigenvalue weighted by atomic mass is 10.1. The van der Waals surface area contributed by atoms with Crippen LogP contribution >= 0.6 is 0 Å². The number of aromatic amines is 1. The Morgan fingerprint density at radius 1 is 1.19 bits per heavy atom. The maximum Gasteiger partial charge on any atom is 0.227 e. The minimum atomic E-state index is -3.40. The fraction of sp³-hybridized carbons (Fsp3) is 0.318. The van der Waals surface area contributed by atoms with Crippen LogP contribution in [0.1, 0.15) is 29.4 Å². The highest BCUT2D eigenvalue weighted by molar-refractivity contribution is 7.88. The predicted molar refractivity (Wildman–Crippen MR) is 118 cm³/mol. The first kappa shape index (κ1) is 21.2. The first-order valence-corrected chi connectivity index (χ1v) is 12.0. The van der Waals surface area contributed by atoms with Gasteiger partial charge in [-0.25, -0.2) is 18.1 Å². The van der Waals surface area contributed by atoms with E-state index in [0.717, 1.165) is 22.9 Å². The first-order chi connectivity index (χ1) is 14.8. The zero-order chi connectivity index (χ0) is 22.0. The van der Waals surface area contributed by atoms with E-state index in [1.165, 1.54) is 0 Å². The van der Waals surface area contributed by atoms with Crippen LogP contribution in [0.15, 0.2) is 54.6 Å². The van der Waals surface area contributed by atoms with Crippen LogP contribution in [0, 0.1) is 6.92 Å². The van der Waals surface area contributed by atoms with Gasteiger partial charge in [-0.1, -0.05) is 60.2 Å². The van der Waals surface area contributed by atoms with Crippen LogP contribution in [0.4, 0.5) is 0 Å². The van der Waals surface area contributed by atoms with E-state index >= 15 is 0 Å². The number of hydrogen-bond donors (Lipinski definition) is 2. The van der Waals surface area contributed by atoms with Gasteiger partial charge in [-0.15, -0.1) is 0 Å². The number of benzene rings is 2. The van der Waals surface area contributed by atoms with E-state index < -0.39 is 10.0 Å². The Morgan fingerprint density at radius 2 is 1.97 bits per heavy atom. The molecule has 3 aromatic rings. The van der Waals surface area contributed by atoms with E-state index in [9.17, 15) is 13.2 Å². The zero-order valence-electron chi connectivity index (χ0n) is 17.4. The summed E-state index contributed by atoms with van der Waals surface area (Å²) in [6, 6.07) is 16.6. The number of likely N-dealkylation sites (tertiary alicyclic amines) is 1. The van der Waals surface area contributed by atoms with E-state index in [0.29, 0.717) is 18.1 Å².